The zero-order valence-corrected chi connectivity index (χ0v) is 21.2. The maximum atomic E-state index is 13.2. The fourth-order valence-corrected chi connectivity index (χ4v) is 3.41. The van der Waals surface area contributed by atoms with Crippen LogP contribution in [0.3, 0.4) is 0 Å². The van der Waals surface area contributed by atoms with Crippen molar-refractivity contribution >= 4 is 35.6 Å². The Hall–Kier alpha value is -4.20. The smallest absolute Gasteiger partial charge is 0.326 e. The number of carbonyl (C=O) groups excluding carboxylic acids is 4. The van der Waals surface area contributed by atoms with Gasteiger partial charge >= 0.3 is 11.9 Å². The predicted octanol–water partition coefficient (Wildman–Crippen LogP) is -1.41. The minimum Gasteiger partial charge on any atom is -0.508 e. The van der Waals surface area contributed by atoms with Gasteiger partial charge in [0.25, 0.3) is 0 Å². The van der Waals surface area contributed by atoms with Gasteiger partial charge in [0.05, 0.1) is 12.5 Å². The normalized spacial score (nSPS) is 14.0. The summed E-state index contributed by atoms with van der Waals surface area (Å²) in [6.07, 6.45) is -1.15. The number of benzene rings is 1. The SMILES string of the molecule is CC(C)CC(NC(=O)C(N)CCC(=O)O)C(=O)NC(Cc1ccc(O)cc1)C(=O)NC(CC(N)=O)C(=O)O. The highest BCUT2D eigenvalue weighted by Crippen LogP contribution is 2.13. The molecular formula is C24H35N5O9. The first-order valence-corrected chi connectivity index (χ1v) is 11.9. The van der Waals surface area contributed by atoms with Crippen LogP contribution in [0.2, 0.25) is 0 Å². The van der Waals surface area contributed by atoms with Crippen LogP contribution in [0.5, 0.6) is 5.75 Å². The van der Waals surface area contributed by atoms with Crippen LogP contribution in [0.1, 0.15) is 45.1 Å². The Labute approximate surface area is 219 Å². The molecule has 0 aromatic heterocycles. The first kappa shape index (κ1) is 31.8. The van der Waals surface area contributed by atoms with Crippen molar-refractivity contribution in [3.05, 3.63) is 29.8 Å². The number of hydrogen-bond donors (Lipinski definition) is 8. The van der Waals surface area contributed by atoms with Crippen LogP contribution in [0, 0.1) is 5.92 Å². The van der Waals surface area contributed by atoms with Crippen molar-refractivity contribution in [2.24, 2.45) is 17.4 Å². The molecule has 0 aliphatic rings. The topological polar surface area (TPSA) is 251 Å². The van der Waals surface area contributed by atoms with Crippen molar-refractivity contribution in [1.29, 1.82) is 0 Å². The van der Waals surface area contributed by atoms with Gasteiger partial charge in [-0.3, -0.25) is 24.0 Å². The number of primary amides is 1. The second kappa shape index (κ2) is 15.1. The Morgan fingerprint density at radius 3 is 1.87 bits per heavy atom. The van der Waals surface area contributed by atoms with E-state index in [1.807, 2.05) is 0 Å². The van der Waals surface area contributed by atoms with Crippen molar-refractivity contribution in [1.82, 2.24) is 16.0 Å². The van der Waals surface area contributed by atoms with Crippen LogP contribution >= 0.6 is 0 Å². The van der Waals surface area contributed by atoms with Crippen molar-refractivity contribution in [2.75, 3.05) is 0 Å². The number of amides is 4. The predicted molar refractivity (Wildman–Crippen MR) is 133 cm³/mol. The van der Waals surface area contributed by atoms with Crippen molar-refractivity contribution in [2.45, 2.75) is 70.1 Å². The van der Waals surface area contributed by atoms with Gasteiger partial charge in [-0.05, 0) is 36.5 Å². The van der Waals surface area contributed by atoms with Crippen LogP contribution in [0.4, 0.5) is 0 Å². The lowest BCUT2D eigenvalue weighted by Crippen LogP contribution is -2.58. The fourth-order valence-electron chi connectivity index (χ4n) is 3.41. The molecule has 0 saturated carbocycles. The minimum absolute atomic E-state index is 0.0369. The number of phenolic OH excluding ortho intramolecular Hbond substituents is 1. The molecule has 210 valence electrons. The van der Waals surface area contributed by atoms with Gasteiger partial charge in [0.1, 0.15) is 23.9 Å². The minimum atomic E-state index is -1.64. The molecule has 0 aliphatic heterocycles. The van der Waals surface area contributed by atoms with Crippen LogP contribution in [-0.2, 0) is 35.2 Å². The molecule has 1 aromatic rings. The Kier molecular flexibility index (Phi) is 12.7. The first-order chi connectivity index (χ1) is 17.7. The van der Waals surface area contributed by atoms with E-state index in [9.17, 15) is 39.0 Å². The summed E-state index contributed by atoms with van der Waals surface area (Å²) in [6, 6.07) is 0.401. The van der Waals surface area contributed by atoms with Gasteiger partial charge in [0.15, 0.2) is 0 Å². The molecule has 38 heavy (non-hydrogen) atoms. The summed E-state index contributed by atoms with van der Waals surface area (Å²) < 4.78 is 0. The molecule has 4 atom stereocenters. The third-order valence-corrected chi connectivity index (χ3v) is 5.38. The maximum Gasteiger partial charge on any atom is 0.326 e. The van der Waals surface area contributed by atoms with Crippen molar-refractivity contribution in [3.63, 3.8) is 0 Å². The van der Waals surface area contributed by atoms with Crippen LogP contribution in [-0.4, -0.2) is 75.1 Å². The van der Waals surface area contributed by atoms with Crippen molar-refractivity contribution in [3.8, 4) is 5.75 Å². The molecule has 0 bridgehead atoms. The van der Waals surface area contributed by atoms with E-state index in [1.54, 1.807) is 13.8 Å². The van der Waals surface area contributed by atoms with Gasteiger partial charge in [-0.2, -0.15) is 0 Å². The maximum absolute atomic E-state index is 13.2. The molecule has 0 aliphatic carbocycles. The number of nitrogens with one attached hydrogen (secondary N) is 3. The molecule has 10 N–H and O–H groups in total. The molecule has 0 saturated heterocycles. The Morgan fingerprint density at radius 2 is 1.37 bits per heavy atom. The van der Waals surface area contributed by atoms with E-state index in [0.29, 0.717) is 5.56 Å². The molecule has 0 radical (unpaired) electrons. The zero-order chi connectivity index (χ0) is 29.0. The van der Waals surface area contributed by atoms with Crippen LogP contribution in [0.15, 0.2) is 24.3 Å². The van der Waals surface area contributed by atoms with E-state index in [1.165, 1.54) is 24.3 Å². The summed E-state index contributed by atoms with van der Waals surface area (Å²) in [5.74, 6) is -6.17. The second-order valence-electron chi connectivity index (χ2n) is 9.23. The highest BCUT2D eigenvalue weighted by molar-refractivity contribution is 5.95. The monoisotopic (exact) mass is 537 g/mol. The number of rotatable bonds is 16. The molecule has 1 aromatic carbocycles. The number of phenols is 1. The average molecular weight is 538 g/mol. The quantitative estimate of drug-likeness (QED) is 0.122. The summed E-state index contributed by atoms with van der Waals surface area (Å²) in [7, 11) is 0. The Morgan fingerprint density at radius 1 is 0.842 bits per heavy atom. The van der Waals surface area contributed by atoms with E-state index in [-0.39, 0.29) is 37.4 Å². The molecular weight excluding hydrogens is 502 g/mol. The molecule has 0 spiro atoms. The van der Waals surface area contributed by atoms with Gasteiger partial charge in [-0.1, -0.05) is 26.0 Å². The fraction of sp³-hybridized carbons (Fsp3) is 0.500. The number of carboxylic acids is 2. The molecule has 4 unspecified atom stereocenters. The third kappa shape index (κ3) is 11.7. The highest BCUT2D eigenvalue weighted by Gasteiger charge is 2.31. The van der Waals surface area contributed by atoms with E-state index in [0.717, 1.165) is 0 Å². The lowest BCUT2D eigenvalue weighted by Gasteiger charge is -2.26. The number of carboxylic acid groups (broad SMARTS) is 2. The van der Waals surface area contributed by atoms with E-state index >= 15 is 0 Å². The summed E-state index contributed by atoms with van der Waals surface area (Å²) >= 11 is 0. The molecule has 4 amide bonds. The summed E-state index contributed by atoms with van der Waals surface area (Å²) in [4.78, 5) is 72.2. The van der Waals surface area contributed by atoms with Gasteiger partial charge in [0, 0.05) is 12.8 Å². The summed E-state index contributed by atoms with van der Waals surface area (Å²) in [6.45, 7) is 3.58. The van der Waals surface area contributed by atoms with Gasteiger partial charge in [0.2, 0.25) is 23.6 Å². The Balaban J connectivity index is 3.15. The summed E-state index contributed by atoms with van der Waals surface area (Å²) in [5.41, 5.74) is 11.3. The van der Waals surface area contributed by atoms with E-state index in [4.69, 9.17) is 16.6 Å². The van der Waals surface area contributed by atoms with Crippen LogP contribution < -0.4 is 27.4 Å². The molecule has 0 heterocycles. The zero-order valence-electron chi connectivity index (χ0n) is 21.2. The van der Waals surface area contributed by atoms with E-state index < -0.39 is 66.2 Å². The lowest BCUT2D eigenvalue weighted by molar-refractivity contribution is -0.143. The van der Waals surface area contributed by atoms with Crippen molar-refractivity contribution < 1.29 is 44.1 Å². The van der Waals surface area contributed by atoms with Gasteiger partial charge < -0.3 is 42.7 Å². The lowest BCUT2D eigenvalue weighted by atomic mass is 10.00. The molecule has 14 nitrogen and oxygen atoms in total. The summed E-state index contributed by atoms with van der Waals surface area (Å²) in [5, 5.41) is 34.8. The van der Waals surface area contributed by atoms with Gasteiger partial charge in [-0.25, -0.2) is 4.79 Å². The van der Waals surface area contributed by atoms with Crippen LogP contribution in [0.25, 0.3) is 0 Å². The molecule has 1 rings (SSSR count). The highest BCUT2D eigenvalue weighted by atomic mass is 16.4. The number of nitrogens with two attached hydrogens (primary N) is 2. The molecule has 14 heteroatoms. The third-order valence-electron chi connectivity index (χ3n) is 5.38. The van der Waals surface area contributed by atoms with Gasteiger partial charge in [-0.15, -0.1) is 0 Å². The second-order valence-corrected chi connectivity index (χ2v) is 9.23. The first-order valence-electron chi connectivity index (χ1n) is 11.9. The van der Waals surface area contributed by atoms with E-state index in [2.05, 4.69) is 16.0 Å². The number of hydrogen-bond acceptors (Lipinski definition) is 8. The number of aliphatic carboxylic acids is 2. The largest absolute Gasteiger partial charge is 0.508 e. The Bertz CT molecular complexity index is 1010. The molecule has 0 fully saturated rings. The number of aromatic hydroxyl groups is 1. The average Bonchev–Trinajstić information content (AvgIpc) is 2.81. The number of carbonyl (C=O) groups is 6. The standard InChI is InChI=1S/C24H35N5O9/c1-12(2)9-16(27-21(34)15(25)7-8-20(32)33)22(35)28-17(10-13-3-5-14(30)6-4-13)23(36)29-18(24(37)38)11-19(26)31/h3-6,12,15-18,30H,7-11,25H2,1-2H3,(H2,26,31)(H,27,34)(H,28,35)(H,29,36)(H,32,33)(H,37,38).